The monoisotopic (exact) mass is 1240 g/mol. The molecule has 2 aromatic rings. The zero-order valence-electron chi connectivity index (χ0n) is 53.9. The van der Waals surface area contributed by atoms with Gasteiger partial charge < -0.3 is 33.9 Å². The number of unbranched alkanes of at least 4 members (excludes halogenated alkanes) is 14. The number of benzene rings is 2. The van der Waals surface area contributed by atoms with Crippen LogP contribution in [0.4, 0.5) is 8.78 Å². The molecule has 4 bridgehead atoms. The number of hydrogen-bond donors (Lipinski definition) is 2. The van der Waals surface area contributed by atoms with Crippen LogP contribution in [-0.2, 0) is 52.5 Å². The Hall–Kier alpha value is -5.36. The second-order valence-electron chi connectivity index (χ2n) is 25.5. The number of piperidine rings is 2. The number of carbonyl (C=O) groups excluding carboxylic acids is 6. The number of rotatable bonds is 43. The number of ketones is 1. The summed E-state index contributed by atoms with van der Waals surface area (Å²) in [6, 6.07) is 12.3. The standard InChI is InChI=1S/C72H106F2N2O13/c1-5-7-21-30-64(88-67(81)49-75-55-41-43-60(75)69(71(83)85-3)58(47-55)51-33-37-53(73)38-34-51)62(78)28-24-18-14-10-9-13-17-23-27-57(77)45-46-87-66(80)32-26-20-16-12-11-15-19-25-29-63(79)65(31-22-8-6-2)89-68(82)50-76-56-42-44-61(76)70(72(84)86-4)59(48-56)52-35-39-54(74)40-36-52/h18-19,24-25,33-40,55-56,58-65,69-70,78-79H,5-17,20-23,26-32,41-50H2,1-4H3/b24-18-,25-19-/t55?,56?,58-,59+,60?,61?,62?,63?,64?,65?,69?,70?/m1/s1. The highest BCUT2D eigenvalue weighted by atomic mass is 19.1. The highest BCUT2D eigenvalue weighted by molar-refractivity contribution is 5.79. The fraction of sp³-hybridized carbons (Fsp3) is 0.694. The van der Waals surface area contributed by atoms with Crippen molar-refractivity contribution in [1.29, 1.82) is 0 Å². The molecule has 0 aromatic heterocycles. The predicted octanol–water partition coefficient (Wildman–Crippen LogP) is 13.4. The van der Waals surface area contributed by atoms with Crippen LogP contribution >= 0.6 is 0 Å². The van der Waals surface area contributed by atoms with Crippen molar-refractivity contribution in [3.8, 4) is 0 Å². The van der Waals surface area contributed by atoms with E-state index >= 15 is 0 Å². The van der Waals surface area contributed by atoms with Crippen molar-refractivity contribution in [2.45, 2.75) is 273 Å². The van der Waals surface area contributed by atoms with Gasteiger partial charge in [0.1, 0.15) is 29.6 Å². The Bertz CT molecular complexity index is 2340. The molecule has 17 heteroatoms. The Labute approximate surface area is 529 Å². The first-order valence-electron chi connectivity index (χ1n) is 34.1. The minimum Gasteiger partial charge on any atom is -0.469 e. The van der Waals surface area contributed by atoms with Crippen LogP contribution in [0.1, 0.15) is 236 Å². The van der Waals surface area contributed by atoms with Gasteiger partial charge in [0.05, 0.1) is 58.0 Å². The number of aliphatic hydroxyl groups excluding tert-OH is 2. The maximum atomic E-state index is 13.8. The van der Waals surface area contributed by atoms with E-state index in [4.69, 9.17) is 23.7 Å². The molecule has 0 saturated carbocycles. The number of halogens is 2. The quantitative estimate of drug-likeness (QED) is 0.0275. The molecule has 4 aliphatic rings. The van der Waals surface area contributed by atoms with Gasteiger partial charge in [-0.05, 0) is 151 Å². The number of fused-ring (bicyclic) bond motifs is 4. The summed E-state index contributed by atoms with van der Waals surface area (Å²) in [7, 11) is 2.76. The summed E-state index contributed by atoms with van der Waals surface area (Å²) in [6.45, 7) is 4.38. The third kappa shape index (κ3) is 23.7. The van der Waals surface area contributed by atoms with Gasteiger partial charge in [-0.3, -0.25) is 38.6 Å². The van der Waals surface area contributed by atoms with Gasteiger partial charge in [-0.15, -0.1) is 0 Å². The molecule has 0 spiro atoms. The van der Waals surface area contributed by atoms with Gasteiger partial charge in [0, 0.05) is 55.3 Å². The molecule has 0 radical (unpaired) electrons. The lowest BCUT2D eigenvalue weighted by Crippen LogP contribution is -2.53. The van der Waals surface area contributed by atoms with E-state index in [1.807, 2.05) is 12.2 Å². The second-order valence-corrected chi connectivity index (χ2v) is 25.5. The Morgan fingerprint density at radius 2 is 0.933 bits per heavy atom. The van der Waals surface area contributed by atoms with E-state index in [0.717, 1.165) is 152 Å². The summed E-state index contributed by atoms with van der Waals surface area (Å²) in [6.07, 6.45) is 29.2. The van der Waals surface area contributed by atoms with Crippen molar-refractivity contribution in [3.63, 3.8) is 0 Å². The number of ether oxygens (including phenoxy) is 5. The topological polar surface area (TPSA) is 196 Å². The van der Waals surface area contributed by atoms with Gasteiger partial charge in [-0.2, -0.15) is 0 Å². The molecular weight excluding hydrogens is 1140 g/mol. The first-order chi connectivity index (χ1) is 43.1. The molecule has 496 valence electrons. The Morgan fingerprint density at radius 3 is 1.36 bits per heavy atom. The second kappa shape index (κ2) is 39.8. The molecule has 15 nitrogen and oxygen atoms in total. The molecule has 2 aromatic carbocycles. The van der Waals surface area contributed by atoms with Crippen molar-refractivity contribution >= 4 is 35.6 Å². The first kappa shape index (κ1) is 72.7. The lowest BCUT2D eigenvalue weighted by atomic mass is 9.76. The average molecular weight is 1250 g/mol. The van der Waals surface area contributed by atoms with Crippen molar-refractivity contribution < 1.29 is 71.4 Å². The smallest absolute Gasteiger partial charge is 0.320 e. The minimum atomic E-state index is -0.843. The maximum Gasteiger partial charge on any atom is 0.320 e. The fourth-order valence-corrected chi connectivity index (χ4v) is 14.4. The van der Waals surface area contributed by atoms with E-state index in [0.29, 0.717) is 51.4 Å². The summed E-state index contributed by atoms with van der Waals surface area (Å²) in [5.41, 5.74) is 1.78. The molecule has 4 saturated heterocycles. The number of esters is 5. The highest BCUT2D eigenvalue weighted by Crippen LogP contribution is 2.49. The molecule has 4 aliphatic heterocycles. The van der Waals surface area contributed by atoms with Crippen LogP contribution in [0.15, 0.2) is 72.8 Å². The Balaban J connectivity index is 0.759. The summed E-state index contributed by atoms with van der Waals surface area (Å²) in [5, 5.41) is 22.5. The molecule has 10 unspecified atom stereocenters. The third-order valence-corrected chi connectivity index (χ3v) is 19.2. The molecule has 0 amide bonds. The number of methoxy groups -OCH3 is 2. The number of Topliss-reactive ketones (excluding diaryl/α,β-unsaturated/α-hetero) is 1. The van der Waals surface area contributed by atoms with E-state index in [1.165, 1.54) is 38.5 Å². The maximum absolute atomic E-state index is 13.8. The van der Waals surface area contributed by atoms with E-state index < -0.39 is 48.2 Å². The molecule has 89 heavy (non-hydrogen) atoms. The van der Waals surface area contributed by atoms with Crippen molar-refractivity contribution in [1.82, 2.24) is 9.80 Å². The number of carbonyl (C=O) groups is 6. The minimum absolute atomic E-state index is 0.0277. The zero-order chi connectivity index (χ0) is 63.9. The van der Waals surface area contributed by atoms with Gasteiger partial charge in [-0.25, -0.2) is 8.78 Å². The van der Waals surface area contributed by atoms with Crippen LogP contribution in [-0.4, -0.2) is 138 Å². The van der Waals surface area contributed by atoms with Crippen LogP contribution < -0.4 is 0 Å². The number of allylic oxidation sites excluding steroid dienone is 2. The number of hydrogen-bond acceptors (Lipinski definition) is 15. The largest absolute Gasteiger partial charge is 0.469 e. The average Bonchev–Trinajstić information content (AvgIpc) is 1.71. The summed E-state index contributed by atoms with van der Waals surface area (Å²) in [5.74, 6) is -3.57. The van der Waals surface area contributed by atoms with E-state index in [1.54, 1.807) is 24.3 Å². The Kier molecular flexibility index (Phi) is 32.5. The summed E-state index contributed by atoms with van der Waals surface area (Å²) in [4.78, 5) is 82.4. The van der Waals surface area contributed by atoms with Crippen LogP contribution in [0, 0.1) is 23.5 Å². The van der Waals surface area contributed by atoms with Gasteiger partial charge >= 0.3 is 29.8 Å². The lowest BCUT2D eigenvalue weighted by molar-refractivity contribution is -0.161. The molecule has 0 aliphatic carbocycles. The van der Waals surface area contributed by atoms with Gasteiger partial charge in [0.15, 0.2) is 0 Å². The SMILES string of the molecule is CCCCCC(OC(=O)CN1C2CCC1C(C(=O)OC)[C@@H](c1ccc(F)cc1)C2)C(O)C/C=C\CCCCCCCC(=O)CCOC(=O)CCCCCCC/C=C\CC(O)C(CCCCC)OC(=O)CN1C2CCC1C(C(=O)OC)[C@H](c1ccc(F)cc1)C2. The van der Waals surface area contributed by atoms with E-state index in [2.05, 4.69) is 35.8 Å². The zero-order valence-corrected chi connectivity index (χ0v) is 53.9. The van der Waals surface area contributed by atoms with Crippen molar-refractivity contribution in [2.75, 3.05) is 33.9 Å². The Morgan fingerprint density at radius 1 is 0.517 bits per heavy atom. The molecule has 2 N–H and O–H groups in total. The number of aliphatic hydroxyl groups is 2. The van der Waals surface area contributed by atoms with Crippen LogP contribution in [0.5, 0.6) is 0 Å². The normalized spacial score (nSPS) is 23.1. The highest BCUT2D eigenvalue weighted by Gasteiger charge is 2.53. The summed E-state index contributed by atoms with van der Waals surface area (Å²) < 4.78 is 55.4. The predicted molar refractivity (Wildman–Crippen MR) is 338 cm³/mol. The van der Waals surface area contributed by atoms with Crippen molar-refractivity contribution in [3.05, 3.63) is 95.6 Å². The molecular formula is C72H106F2N2O13. The van der Waals surface area contributed by atoms with Crippen LogP contribution in [0.2, 0.25) is 0 Å². The van der Waals surface area contributed by atoms with Gasteiger partial charge in [0.25, 0.3) is 0 Å². The first-order valence-corrected chi connectivity index (χ1v) is 34.1. The van der Waals surface area contributed by atoms with Gasteiger partial charge in [0.2, 0.25) is 0 Å². The van der Waals surface area contributed by atoms with Crippen LogP contribution in [0.3, 0.4) is 0 Å². The number of nitrogens with zero attached hydrogens (tertiary/aromatic N) is 2. The molecule has 12 atom stereocenters. The van der Waals surface area contributed by atoms with Crippen molar-refractivity contribution in [2.24, 2.45) is 11.8 Å². The van der Waals surface area contributed by atoms with E-state index in [9.17, 15) is 47.8 Å². The molecule has 6 rings (SSSR count). The van der Waals surface area contributed by atoms with Crippen LogP contribution in [0.25, 0.3) is 0 Å². The molecule has 4 heterocycles. The summed E-state index contributed by atoms with van der Waals surface area (Å²) >= 11 is 0. The lowest BCUT2D eigenvalue weighted by Gasteiger charge is -2.43. The van der Waals surface area contributed by atoms with Gasteiger partial charge in [-0.1, -0.05) is 127 Å². The fourth-order valence-electron chi connectivity index (χ4n) is 14.4. The van der Waals surface area contributed by atoms with E-state index in [-0.39, 0.29) is 97.4 Å². The third-order valence-electron chi connectivity index (χ3n) is 19.2. The molecule has 4 fully saturated rings.